The van der Waals surface area contributed by atoms with Crippen LogP contribution in [0.15, 0.2) is 99.4 Å². The molecular formula is C26H22N2O5S3. The second-order valence-electron chi connectivity index (χ2n) is 7.82. The van der Waals surface area contributed by atoms with Gasteiger partial charge in [0.1, 0.15) is 22.7 Å². The lowest BCUT2D eigenvalue weighted by Crippen LogP contribution is -2.20. The Hall–Kier alpha value is -3.47. The highest BCUT2D eigenvalue weighted by Gasteiger charge is 2.23. The molecule has 4 aromatic rings. The Morgan fingerprint density at radius 1 is 0.861 bits per heavy atom. The monoisotopic (exact) mass is 538 g/mol. The summed E-state index contributed by atoms with van der Waals surface area (Å²) in [4.78, 5) is 14.2. The zero-order valence-corrected chi connectivity index (χ0v) is 21.4. The summed E-state index contributed by atoms with van der Waals surface area (Å²) in [5.74, 6) is 1.07. The van der Waals surface area contributed by atoms with Crippen LogP contribution in [-0.2, 0) is 14.8 Å². The number of thiophene rings is 1. The molecule has 1 aliphatic heterocycles. The van der Waals surface area contributed by atoms with Crippen LogP contribution in [0.5, 0.6) is 11.5 Å². The molecule has 0 aliphatic carbocycles. The number of sulfonamides is 1. The van der Waals surface area contributed by atoms with E-state index in [1.807, 2.05) is 30.3 Å². The average molecular weight is 539 g/mol. The maximum absolute atomic E-state index is 13.4. The number of anilines is 2. The van der Waals surface area contributed by atoms with E-state index in [0.29, 0.717) is 36.1 Å². The molecule has 36 heavy (non-hydrogen) atoms. The van der Waals surface area contributed by atoms with E-state index >= 15 is 0 Å². The number of amides is 1. The number of benzene rings is 3. The lowest BCUT2D eigenvalue weighted by molar-refractivity contribution is -0.115. The number of carbonyl (C=O) groups is 1. The third kappa shape index (κ3) is 5.67. The Labute approximate surface area is 217 Å². The van der Waals surface area contributed by atoms with Gasteiger partial charge in [-0.15, -0.1) is 23.1 Å². The normalized spacial score (nSPS) is 13.6. The summed E-state index contributed by atoms with van der Waals surface area (Å²) in [6.07, 6.45) is 0. The smallest absolute Gasteiger partial charge is 0.271 e. The van der Waals surface area contributed by atoms with Crippen molar-refractivity contribution in [1.29, 1.82) is 0 Å². The predicted molar refractivity (Wildman–Crippen MR) is 143 cm³/mol. The molecule has 3 aromatic carbocycles. The topological polar surface area (TPSA) is 93.7 Å². The summed E-state index contributed by atoms with van der Waals surface area (Å²) >= 11 is 2.54. The zero-order chi connectivity index (χ0) is 25.0. The quantitative estimate of drug-likeness (QED) is 0.276. The number of hydrogen-bond donors (Lipinski definition) is 2. The summed E-state index contributed by atoms with van der Waals surface area (Å²) in [6, 6.07) is 25.0. The lowest BCUT2D eigenvalue weighted by Gasteiger charge is -2.20. The van der Waals surface area contributed by atoms with Gasteiger partial charge in [0.05, 0.1) is 0 Å². The summed E-state index contributed by atoms with van der Waals surface area (Å²) in [5, 5.41) is 4.17. The van der Waals surface area contributed by atoms with Gasteiger partial charge in [-0.05, 0) is 53.4 Å². The van der Waals surface area contributed by atoms with Crippen molar-refractivity contribution in [2.45, 2.75) is 14.4 Å². The number of fused-ring (bicyclic) bond motifs is 1. The van der Waals surface area contributed by atoms with Crippen LogP contribution in [0.3, 0.4) is 0 Å². The van der Waals surface area contributed by atoms with Crippen LogP contribution in [-0.4, -0.2) is 27.5 Å². The number of ether oxygens (including phenoxy) is 2. The molecule has 0 saturated heterocycles. The Morgan fingerprint density at radius 3 is 2.31 bits per heavy atom. The highest BCUT2D eigenvalue weighted by atomic mass is 32.2. The van der Waals surface area contributed by atoms with E-state index in [9.17, 15) is 13.2 Å². The fourth-order valence-corrected chi connectivity index (χ4v) is 6.67. The Balaban J connectivity index is 1.33. The maximum Gasteiger partial charge on any atom is 0.271 e. The molecule has 1 atom stereocenters. The second kappa shape index (κ2) is 10.7. The zero-order valence-electron chi connectivity index (χ0n) is 18.9. The average Bonchev–Trinajstić information content (AvgIpc) is 3.45. The minimum Gasteiger partial charge on any atom is -0.486 e. The lowest BCUT2D eigenvalue weighted by atomic mass is 10.1. The van der Waals surface area contributed by atoms with Crippen molar-refractivity contribution in [3.63, 3.8) is 0 Å². The van der Waals surface area contributed by atoms with Gasteiger partial charge < -0.3 is 14.8 Å². The van der Waals surface area contributed by atoms with E-state index in [1.54, 1.807) is 60.0 Å². The van der Waals surface area contributed by atoms with Crippen molar-refractivity contribution in [1.82, 2.24) is 0 Å². The number of carbonyl (C=O) groups excluding carboxylic acids is 1. The molecule has 10 heteroatoms. The van der Waals surface area contributed by atoms with Crippen molar-refractivity contribution in [2.75, 3.05) is 23.3 Å². The number of thioether (sulfide) groups is 1. The van der Waals surface area contributed by atoms with E-state index in [2.05, 4.69) is 10.0 Å². The first kappa shape index (κ1) is 24.2. The van der Waals surface area contributed by atoms with Gasteiger partial charge in [0, 0.05) is 22.3 Å². The van der Waals surface area contributed by atoms with Crippen LogP contribution in [0.4, 0.5) is 11.4 Å². The van der Waals surface area contributed by atoms with Crippen LogP contribution in [0.1, 0.15) is 10.8 Å². The minimum atomic E-state index is -3.63. The van der Waals surface area contributed by atoms with Crippen molar-refractivity contribution >= 4 is 50.4 Å². The van der Waals surface area contributed by atoms with E-state index < -0.39 is 15.3 Å². The van der Waals surface area contributed by atoms with Gasteiger partial charge in [-0.25, -0.2) is 8.42 Å². The van der Waals surface area contributed by atoms with E-state index in [-0.39, 0.29) is 10.1 Å². The molecule has 0 bridgehead atoms. The molecule has 5 rings (SSSR count). The van der Waals surface area contributed by atoms with Crippen LogP contribution in [0.2, 0.25) is 0 Å². The molecule has 2 heterocycles. The van der Waals surface area contributed by atoms with Gasteiger partial charge in [0.25, 0.3) is 10.0 Å². The van der Waals surface area contributed by atoms with Crippen molar-refractivity contribution < 1.29 is 22.7 Å². The summed E-state index contributed by atoms with van der Waals surface area (Å²) in [5.41, 5.74) is 1.91. The van der Waals surface area contributed by atoms with Crippen LogP contribution in [0, 0.1) is 0 Å². The first-order valence-corrected chi connectivity index (χ1v) is 14.3. The molecule has 0 fully saturated rings. The van der Waals surface area contributed by atoms with Gasteiger partial charge in [-0.2, -0.15) is 0 Å². The highest BCUT2D eigenvalue weighted by molar-refractivity contribution is 8.00. The minimum absolute atomic E-state index is 0.189. The van der Waals surface area contributed by atoms with E-state index in [0.717, 1.165) is 21.8 Å². The molecule has 1 aromatic heterocycles. The maximum atomic E-state index is 13.4. The van der Waals surface area contributed by atoms with Gasteiger partial charge in [-0.3, -0.25) is 9.52 Å². The third-order valence-electron chi connectivity index (χ3n) is 5.27. The molecule has 0 saturated carbocycles. The predicted octanol–water partition coefficient (Wildman–Crippen LogP) is 5.79. The van der Waals surface area contributed by atoms with E-state index in [1.165, 1.54) is 11.8 Å². The van der Waals surface area contributed by atoms with Crippen molar-refractivity contribution in [3.8, 4) is 11.5 Å². The van der Waals surface area contributed by atoms with Crippen LogP contribution < -0.4 is 19.5 Å². The number of nitrogens with one attached hydrogen (secondary N) is 2. The molecule has 1 amide bonds. The summed E-state index contributed by atoms with van der Waals surface area (Å²) in [6.45, 7) is 0.964. The van der Waals surface area contributed by atoms with Crippen LogP contribution in [0.25, 0.3) is 0 Å². The van der Waals surface area contributed by atoms with Gasteiger partial charge in [0.2, 0.25) is 5.91 Å². The second-order valence-corrected chi connectivity index (χ2v) is 11.9. The summed E-state index contributed by atoms with van der Waals surface area (Å²) in [7, 11) is -3.63. The largest absolute Gasteiger partial charge is 0.486 e. The van der Waals surface area contributed by atoms with Crippen molar-refractivity contribution in [3.05, 3.63) is 95.9 Å². The fourth-order valence-electron chi connectivity index (χ4n) is 3.59. The Morgan fingerprint density at radius 2 is 1.58 bits per heavy atom. The molecule has 0 radical (unpaired) electrons. The number of rotatable bonds is 8. The third-order valence-corrected chi connectivity index (χ3v) is 9.32. The molecule has 7 nitrogen and oxygen atoms in total. The number of hydrogen-bond acceptors (Lipinski definition) is 7. The summed E-state index contributed by atoms with van der Waals surface area (Å²) < 4.78 is 39.0. The first-order valence-electron chi connectivity index (χ1n) is 11.1. The highest BCUT2D eigenvalue weighted by Crippen LogP contribution is 2.38. The molecule has 0 spiro atoms. The van der Waals surface area contributed by atoms with Crippen molar-refractivity contribution in [2.24, 2.45) is 0 Å². The molecule has 2 N–H and O–H groups in total. The molecular weight excluding hydrogens is 516 g/mol. The molecule has 1 aliphatic rings. The Kier molecular flexibility index (Phi) is 7.17. The van der Waals surface area contributed by atoms with E-state index in [4.69, 9.17) is 9.47 Å². The van der Waals surface area contributed by atoms with Gasteiger partial charge in [-0.1, -0.05) is 36.4 Å². The Bertz CT molecular complexity index is 1440. The first-order chi connectivity index (χ1) is 17.5. The van der Waals surface area contributed by atoms with Gasteiger partial charge >= 0.3 is 0 Å². The molecule has 1 unspecified atom stereocenters. The van der Waals surface area contributed by atoms with Crippen LogP contribution >= 0.6 is 23.1 Å². The SMILES string of the molecule is O=C(Nc1ccc2c(c1)OCCO2)C(Sc1ccc(NS(=O)(=O)c2cccs2)cc1)c1ccccc1. The molecule has 184 valence electrons. The fraction of sp³-hybridized carbons (Fsp3) is 0.115. The van der Waals surface area contributed by atoms with Gasteiger partial charge in [0.15, 0.2) is 11.5 Å². The standard InChI is InChI=1S/C26H22N2O5S3/c29-26(27-20-10-13-22-23(17-20)33-15-14-32-22)25(18-5-2-1-3-6-18)35-21-11-8-19(9-12-21)28-36(30,31)24-7-4-16-34-24/h1-13,16-17,25,28H,14-15H2,(H,27,29).